The van der Waals surface area contributed by atoms with Gasteiger partial charge in [-0.25, -0.2) is 0 Å². The first-order valence-corrected chi connectivity index (χ1v) is 10.8. The average Bonchev–Trinajstić information content (AvgIpc) is 2.73. The summed E-state index contributed by atoms with van der Waals surface area (Å²) >= 11 is 0. The molecule has 0 heterocycles. The molecule has 2 aromatic rings. The van der Waals surface area contributed by atoms with Crippen molar-refractivity contribution in [2.24, 2.45) is 17.8 Å². The van der Waals surface area contributed by atoms with E-state index in [1.54, 1.807) is 0 Å². The lowest BCUT2D eigenvalue weighted by atomic mass is 9.74. The van der Waals surface area contributed by atoms with Crippen molar-refractivity contribution in [1.82, 2.24) is 0 Å². The molecule has 1 saturated carbocycles. The zero-order chi connectivity index (χ0) is 21.6. The number of ether oxygens (including phenoxy) is 1. The molecule has 1 fully saturated rings. The van der Waals surface area contributed by atoms with E-state index in [9.17, 15) is 13.2 Å². The second kappa shape index (κ2) is 10.1. The summed E-state index contributed by atoms with van der Waals surface area (Å²) in [5.41, 5.74) is 2.87. The maximum atomic E-state index is 12.2. The molecule has 0 N–H and O–H groups in total. The molecule has 4 heteroatoms. The van der Waals surface area contributed by atoms with Crippen LogP contribution in [0, 0.1) is 29.6 Å². The van der Waals surface area contributed by atoms with Crippen LogP contribution in [0.3, 0.4) is 0 Å². The van der Waals surface area contributed by atoms with Gasteiger partial charge < -0.3 is 4.74 Å². The highest BCUT2D eigenvalue weighted by Gasteiger charge is 2.30. The van der Waals surface area contributed by atoms with Crippen molar-refractivity contribution in [1.29, 1.82) is 0 Å². The zero-order valence-corrected chi connectivity index (χ0v) is 17.6. The summed E-state index contributed by atoms with van der Waals surface area (Å²) in [5, 5.41) is 0. The minimum absolute atomic E-state index is 0.241. The van der Waals surface area contributed by atoms with Crippen molar-refractivity contribution >= 4 is 0 Å². The van der Waals surface area contributed by atoms with Crippen LogP contribution in [0.15, 0.2) is 48.5 Å². The Kier molecular flexibility index (Phi) is 7.48. The predicted octanol–water partition coefficient (Wildman–Crippen LogP) is 7.38. The fourth-order valence-electron chi connectivity index (χ4n) is 4.31. The lowest BCUT2D eigenvalue weighted by Crippen LogP contribution is -2.21. The van der Waals surface area contributed by atoms with Crippen LogP contribution in [0.5, 0.6) is 5.75 Å². The lowest BCUT2D eigenvalue weighted by Gasteiger charge is -2.32. The van der Waals surface area contributed by atoms with Gasteiger partial charge in [0.2, 0.25) is 0 Å². The summed E-state index contributed by atoms with van der Waals surface area (Å²) in [6.45, 7) is 4.67. The molecule has 30 heavy (non-hydrogen) atoms. The number of hydrogen-bond acceptors (Lipinski definition) is 1. The minimum atomic E-state index is -4.68. The largest absolute Gasteiger partial charge is 0.573 e. The van der Waals surface area contributed by atoms with Crippen LogP contribution in [0.2, 0.25) is 0 Å². The van der Waals surface area contributed by atoms with Crippen LogP contribution >= 0.6 is 0 Å². The Bertz CT molecular complexity index is 848. The maximum absolute atomic E-state index is 12.2. The van der Waals surface area contributed by atoms with E-state index in [0.29, 0.717) is 11.5 Å². The highest BCUT2D eigenvalue weighted by molar-refractivity contribution is 5.44. The highest BCUT2D eigenvalue weighted by atomic mass is 19.4. The molecule has 2 aromatic carbocycles. The Morgan fingerprint density at radius 2 is 1.43 bits per heavy atom. The van der Waals surface area contributed by atoms with Crippen LogP contribution in [0.25, 0.3) is 0 Å². The lowest BCUT2D eigenvalue weighted by molar-refractivity contribution is -0.274. The van der Waals surface area contributed by atoms with Gasteiger partial charge in [-0.3, -0.25) is 0 Å². The number of alkyl halides is 3. The molecule has 160 valence electrons. The quantitative estimate of drug-likeness (QED) is 0.464. The van der Waals surface area contributed by atoms with Gasteiger partial charge in [-0.1, -0.05) is 57.1 Å². The first kappa shape index (κ1) is 22.3. The second-order valence-electron chi connectivity index (χ2n) is 8.39. The van der Waals surface area contributed by atoms with Crippen LogP contribution in [0.4, 0.5) is 13.2 Å². The van der Waals surface area contributed by atoms with Crippen molar-refractivity contribution < 1.29 is 17.9 Å². The van der Waals surface area contributed by atoms with Gasteiger partial charge >= 0.3 is 6.36 Å². The van der Waals surface area contributed by atoms with E-state index >= 15 is 0 Å². The molecule has 0 bridgehead atoms. The Morgan fingerprint density at radius 1 is 0.900 bits per heavy atom. The molecule has 0 aromatic heterocycles. The van der Waals surface area contributed by atoms with E-state index < -0.39 is 6.36 Å². The summed E-state index contributed by atoms with van der Waals surface area (Å²) in [5.74, 6) is 8.27. The molecule has 1 unspecified atom stereocenters. The van der Waals surface area contributed by atoms with Gasteiger partial charge in [0.05, 0.1) is 0 Å². The van der Waals surface area contributed by atoms with Crippen LogP contribution in [0.1, 0.15) is 62.6 Å². The first-order chi connectivity index (χ1) is 14.3. The van der Waals surface area contributed by atoms with Crippen LogP contribution < -0.4 is 4.74 Å². The number of hydrogen-bond donors (Lipinski definition) is 0. The molecular formula is C26H29F3O. The topological polar surface area (TPSA) is 9.23 Å². The fraction of sp³-hybridized carbons (Fsp3) is 0.462. The average molecular weight is 415 g/mol. The maximum Gasteiger partial charge on any atom is 0.573 e. The van der Waals surface area contributed by atoms with E-state index in [1.807, 2.05) is 12.1 Å². The zero-order valence-electron chi connectivity index (χ0n) is 17.6. The van der Waals surface area contributed by atoms with E-state index in [-0.39, 0.29) is 5.75 Å². The summed E-state index contributed by atoms with van der Waals surface area (Å²) in [6, 6.07) is 13.9. The molecule has 0 aliphatic heterocycles. The van der Waals surface area contributed by atoms with Crippen molar-refractivity contribution in [3.63, 3.8) is 0 Å². The van der Waals surface area contributed by atoms with E-state index in [4.69, 9.17) is 0 Å². The SMILES string of the molecule is CCC1CCC(C(C)Cc2ccc(C#Cc3ccc(OC(F)(F)F)cc3)cc2)CC1. The number of rotatable bonds is 5. The Hall–Kier alpha value is -2.41. The molecule has 0 saturated heterocycles. The summed E-state index contributed by atoms with van der Waals surface area (Å²) in [6.07, 6.45) is 3.20. The monoisotopic (exact) mass is 414 g/mol. The fourth-order valence-corrected chi connectivity index (χ4v) is 4.31. The van der Waals surface area contributed by atoms with Gasteiger partial charge in [0.1, 0.15) is 5.75 Å². The molecule has 1 nitrogen and oxygen atoms in total. The Labute approximate surface area is 177 Å². The standard InChI is InChI=1S/C26H29F3O/c1-3-20-10-14-24(15-11-20)19(2)18-23-8-6-21(7-9-23)4-5-22-12-16-25(17-13-22)30-26(27,28)29/h6-9,12-13,16-17,19-20,24H,3,10-11,14-15,18H2,1-2H3. The van der Waals surface area contributed by atoms with Gasteiger partial charge in [0.15, 0.2) is 0 Å². The number of halogens is 3. The molecule has 0 radical (unpaired) electrons. The van der Waals surface area contributed by atoms with Crippen LogP contribution in [-0.2, 0) is 6.42 Å². The third-order valence-corrected chi connectivity index (χ3v) is 6.22. The third kappa shape index (κ3) is 6.83. The Morgan fingerprint density at radius 3 is 1.93 bits per heavy atom. The molecule has 1 aliphatic rings. The highest BCUT2D eigenvalue weighted by Crippen LogP contribution is 2.36. The smallest absolute Gasteiger partial charge is 0.406 e. The first-order valence-electron chi connectivity index (χ1n) is 10.8. The molecule has 1 aliphatic carbocycles. The second-order valence-corrected chi connectivity index (χ2v) is 8.39. The molecule has 0 spiro atoms. The van der Waals surface area contributed by atoms with Gasteiger partial charge in [0, 0.05) is 11.1 Å². The molecular weight excluding hydrogens is 385 g/mol. The van der Waals surface area contributed by atoms with Gasteiger partial charge in [-0.05, 0) is 79.0 Å². The summed E-state index contributed by atoms with van der Waals surface area (Å²) < 4.78 is 40.5. The van der Waals surface area contributed by atoms with Crippen molar-refractivity contribution in [3.8, 4) is 17.6 Å². The van der Waals surface area contributed by atoms with Crippen molar-refractivity contribution in [2.45, 2.75) is 58.7 Å². The van der Waals surface area contributed by atoms with Gasteiger partial charge in [0.25, 0.3) is 0 Å². The Balaban J connectivity index is 1.54. The van der Waals surface area contributed by atoms with Crippen molar-refractivity contribution in [2.75, 3.05) is 0 Å². The molecule has 1 atom stereocenters. The van der Waals surface area contributed by atoms with Gasteiger partial charge in [-0.2, -0.15) is 0 Å². The summed E-state index contributed by atoms with van der Waals surface area (Å²) in [7, 11) is 0. The van der Waals surface area contributed by atoms with Crippen LogP contribution in [-0.4, -0.2) is 6.36 Å². The van der Waals surface area contributed by atoms with Crippen molar-refractivity contribution in [3.05, 3.63) is 65.2 Å². The predicted molar refractivity (Wildman–Crippen MR) is 114 cm³/mol. The van der Waals surface area contributed by atoms with Gasteiger partial charge in [-0.15, -0.1) is 13.2 Å². The number of benzene rings is 2. The van der Waals surface area contributed by atoms with E-state index in [2.05, 4.69) is 42.6 Å². The van der Waals surface area contributed by atoms with E-state index in [0.717, 1.165) is 23.8 Å². The third-order valence-electron chi connectivity index (χ3n) is 6.22. The molecule has 0 amide bonds. The normalized spacial score (nSPS) is 20.2. The molecule has 3 rings (SSSR count). The van der Waals surface area contributed by atoms with E-state index in [1.165, 1.54) is 61.9 Å². The minimum Gasteiger partial charge on any atom is -0.406 e. The summed E-state index contributed by atoms with van der Waals surface area (Å²) in [4.78, 5) is 0.